The first-order chi connectivity index (χ1) is 10.7. The van der Waals surface area contributed by atoms with Gasteiger partial charge in [0.25, 0.3) is 5.91 Å². The maximum atomic E-state index is 12.5. The molecule has 0 aliphatic heterocycles. The summed E-state index contributed by atoms with van der Waals surface area (Å²) in [7, 11) is 3.52. The van der Waals surface area contributed by atoms with Crippen molar-refractivity contribution >= 4 is 28.6 Å². The Kier molecular flexibility index (Phi) is 3.74. The molecule has 4 heteroatoms. The quantitative estimate of drug-likeness (QED) is 0.753. The highest BCUT2D eigenvalue weighted by molar-refractivity contribution is 6.24. The van der Waals surface area contributed by atoms with E-state index in [2.05, 4.69) is 9.97 Å². The number of nitrogens with one attached hydrogen (secondary N) is 1. The minimum Gasteiger partial charge on any atom is -0.346 e. The van der Waals surface area contributed by atoms with Gasteiger partial charge in [0.05, 0.1) is 0 Å². The van der Waals surface area contributed by atoms with Gasteiger partial charge in [-0.3, -0.25) is 4.79 Å². The Bertz CT molecular complexity index is 832. The molecule has 22 heavy (non-hydrogen) atoms. The minimum absolute atomic E-state index is 0.0237. The van der Waals surface area contributed by atoms with E-state index in [4.69, 9.17) is 0 Å². The first-order valence-electron chi connectivity index (χ1n) is 7.07. The summed E-state index contributed by atoms with van der Waals surface area (Å²) in [5.41, 5.74) is 3.34. The largest absolute Gasteiger partial charge is 0.346 e. The van der Waals surface area contributed by atoms with Gasteiger partial charge in [0.1, 0.15) is 5.65 Å². The van der Waals surface area contributed by atoms with Gasteiger partial charge in [-0.25, -0.2) is 4.98 Å². The summed E-state index contributed by atoms with van der Waals surface area (Å²) in [6, 6.07) is 13.6. The summed E-state index contributed by atoms with van der Waals surface area (Å²) in [6.45, 7) is 0. The Morgan fingerprint density at radius 1 is 1.14 bits per heavy atom. The van der Waals surface area contributed by atoms with E-state index in [9.17, 15) is 4.79 Å². The van der Waals surface area contributed by atoms with E-state index in [0.29, 0.717) is 5.57 Å². The standard InChI is InChI=1S/C18H17N3O/c1-21(2)18(22)16(13-7-4-3-5-8-13)11-14-12-20-17-15(14)9-6-10-19-17/h3-12H,1-2H3,(H,19,20). The van der Waals surface area contributed by atoms with Crippen LogP contribution in [0.3, 0.4) is 0 Å². The molecule has 3 aromatic rings. The first kappa shape index (κ1) is 14.1. The highest BCUT2D eigenvalue weighted by Crippen LogP contribution is 2.24. The van der Waals surface area contributed by atoms with Crippen LogP contribution in [-0.4, -0.2) is 34.9 Å². The number of fused-ring (bicyclic) bond motifs is 1. The Morgan fingerprint density at radius 2 is 1.91 bits per heavy atom. The van der Waals surface area contributed by atoms with E-state index in [1.807, 2.05) is 54.7 Å². The SMILES string of the molecule is CN(C)C(=O)C(=Cc1c[nH]c2ncccc12)c1ccccc1. The fourth-order valence-corrected chi connectivity index (χ4v) is 2.38. The van der Waals surface area contributed by atoms with E-state index in [0.717, 1.165) is 22.2 Å². The number of nitrogens with zero attached hydrogens (tertiary/aromatic N) is 2. The Hall–Kier alpha value is -2.88. The molecule has 0 saturated carbocycles. The van der Waals surface area contributed by atoms with Crippen LogP contribution in [0.2, 0.25) is 0 Å². The number of carbonyl (C=O) groups excluding carboxylic acids is 1. The number of hydrogen-bond acceptors (Lipinski definition) is 2. The van der Waals surface area contributed by atoms with E-state index >= 15 is 0 Å². The summed E-state index contributed by atoms with van der Waals surface area (Å²) in [6.07, 6.45) is 5.54. The molecule has 1 amide bonds. The summed E-state index contributed by atoms with van der Waals surface area (Å²) in [4.78, 5) is 21.5. The summed E-state index contributed by atoms with van der Waals surface area (Å²) in [5.74, 6) is -0.0237. The molecule has 1 N–H and O–H groups in total. The lowest BCUT2D eigenvalue weighted by Gasteiger charge is -2.14. The third kappa shape index (κ3) is 2.63. The molecule has 2 heterocycles. The fourth-order valence-electron chi connectivity index (χ4n) is 2.38. The molecule has 110 valence electrons. The van der Waals surface area contributed by atoms with Crippen LogP contribution in [0.15, 0.2) is 54.9 Å². The van der Waals surface area contributed by atoms with Crippen LogP contribution in [0.4, 0.5) is 0 Å². The second kappa shape index (κ2) is 5.85. The summed E-state index contributed by atoms with van der Waals surface area (Å²) in [5, 5.41) is 1.00. The number of benzene rings is 1. The summed E-state index contributed by atoms with van der Waals surface area (Å²) < 4.78 is 0. The smallest absolute Gasteiger partial charge is 0.253 e. The number of pyridine rings is 1. The number of amides is 1. The molecule has 0 unspecified atom stereocenters. The van der Waals surface area contributed by atoms with Gasteiger partial charge in [0.15, 0.2) is 0 Å². The van der Waals surface area contributed by atoms with E-state index in [1.165, 1.54) is 0 Å². The zero-order valence-corrected chi connectivity index (χ0v) is 12.6. The van der Waals surface area contributed by atoms with Crippen molar-refractivity contribution in [2.75, 3.05) is 14.1 Å². The Morgan fingerprint density at radius 3 is 2.64 bits per heavy atom. The molecule has 0 spiro atoms. The Balaban J connectivity index is 2.15. The molecular weight excluding hydrogens is 274 g/mol. The number of likely N-dealkylation sites (N-methyl/N-ethyl adjacent to an activating group) is 1. The third-order valence-electron chi connectivity index (χ3n) is 3.50. The maximum absolute atomic E-state index is 12.5. The van der Waals surface area contributed by atoms with Crippen molar-refractivity contribution < 1.29 is 4.79 Å². The lowest BCUT2D eigenvalue weighted by molar-refractivity contribution is -0.122. The summed E-state index contributed by atoms with van der Waals surface area (Å²) >= 11 is 0. The van der Waals surface area contributed by atoms with Gasteiger partial charge in [-0.15, -0.1) is 0 Å². The second-order valence-electron chi connectivity index (χ2n) is 5.27. The van der Waals surface area contributed by atoms with Crippen LogP contribution in [0.5, 0.6) is 0 Å². The van der Waals surface area contributed by atoms with E-state index in [1.54, 1.807) is 25.2 Å². The molecule has 0 bridgehead atoms. The lowest BCUT2D eigenvalue weighted by Crippen LogP contribution is -2.22. The average Bonchev–Trinajstić information content (AvgIpc) is 2.96. The molecule has 3 rings (SSSR count). The Labute approximate surface area is 129 Å². The molecule has 0 aliphatic carbocycles. The highest BCUT2D eigenvalue weighted by Gasteiger charge is 2.15. The highest BCUT2D eigenvalue weighted by atomic mass is 16.2. The van der Waals surface area contributed by atoms with Crippen LogP contribution < -0.4 is 0 Å². The van der Waals surface area contributed by atoms with Crippen molar-refractivity contribution in [2.24, 2.45) is 0 Å². The molecule has 1 aromatic carbocycles. The number of aromatic amines is 1. The molecule has 2 aromatic heterocycles. The van der Waals surface area contributed by atoms with Crippen molar-refractivity contribution in [3.05, 3.63) is 66.0 Å². The third-order valence-corrected chi connectivity index (χ3v) is 3.50. The zero-order chi connectivity index (χ0) is 15.5. The number of carbonyl (C=O) groups is 1. The molecule has 0 fully saturated rings. The molecule has 4 nitrogen and oxygen atoms in total. The monoisotopic (exact) mass is 291 g/mol. The van der Waals surface area contributed by atoms with Crippen molar-refractivity contribution in [3.8, 4) is 0 Å². The molecule has 0 saturated heterocycles. The van der Waals surface area contributed by atoms with Gasteiger partial charge >= 0.3 is 0 Å². The van der Waals surface area contributed by atoms with Crippen LogP contribution >= 0.6 is 0 Å². The first-order valence-corrected chi connectivity index (χ1v) is 7.07. The van der Waals surface area contributed by atoms with Crippen molar-refractivity contribution in [1.29, 1.82) is 0 Å². The van der Waals surface area contributed by atoms with Crippen molar-refractivity contribution in [3.63, 3.8) is 0 Å². The zero-order valence-electron chi connectivity index (χ0n) is 12.6. The van der Waals surface area contributed by atoms with Crippen molar-refractivity contribution in [2.45, 2.75) is 0 Å². The van der Waals surface area contributed by atoms with Gasteiger partial charge in [-0.2, -0.15) is 0 Å². The molecule has 0 aliphatic rings. The van der Waals surface area contributed by atoms with Gasteiger partial charge in [-0.1, -0.05) is 30.3 Å². The van der Waals surface area contributed by atoms with Crippen LogP contribution in [0, 0.1) is 0 Å². The van der Waals surface area contributed by atoms with Crippen LogP contribution in [0.1, 0.15) is 11.1 Å². The number of rotatable bonds is 3. The van der Waals surface area contributed by atoms with E-state index < -0.39 is 0 Å². The van der Waals surface area contributed by atoms with Gasteiger partial charge < -0.3 is 9.88 Å². The average molecular weight is 291 g/mol. The lowest BCUT2D eigenvalue weighted by atomic mass is 10.0. The number of H-pyrrole nitrogens is 1. The predicted octanol–water partition coefficient (Wildman–Crippen LogP) is 3.19. The van der Waals surface area contributed by atoms with E-state index in [-0.39, 0.29) is 5.91 Å². The number of aromatic nitrogens is 2. The normalized spacial score (nSPS) is 11.6. The van der Waals surface area contributed by atoms with Gasteiger partial charge in [0, 0.05) is 43.0 Å². The maximum Gasteiger partial charge on any atom is 0.253 e. The fraction of sp³-hybridized carbons (Fsp3) is 0.111. The molecule has 0 atom stereocenters. The van der Waals surface area contributed by atoms with Crippen LogP contribution in [0.25, 0.3) is 22.7 Å². The molecule has 0 radical (unpaired) electrons. The second-order valence-corrected chi connectivity index (χ2v) is 5.27. The van der Waals surface area contributed by atoms with Gasteiger partial charge in [-0.05, 0) is 23.8 Å². The van der Waals surface area contributed by atoms with Gasteiger partial charge in [0.2, 0.25) is 0 Å². The minimum atomic E-state index is -0.0237. The topological polar surface area (TPSA) is 49.0 Å². The van der Waals surface area contributed by atoms with Crippen molar-refractivity contribution in [1.82, 2.24) is 14.9 Å². The van der Waals surface area contributed by atoms with Crippen LogP contribution in [-0.2, 0) is 4.79 Å². The number of hydrogen-bond donors (Lipinski definition) is 1. The molecular formula is C18H17N3O. The predicted molar refractivity (Wildman–Crippen MR) is 89.1 cm³/mol.